The minimum absolute atomic E-state index is 0.0532. The van der Waals surface area contributed by atoms with Gasteiger partial charge in [-0.3, -0.25) is 0 Å². The first-order valence-corrected chi connectivity index (χ1v) is 7.81. The highest BCUT2D eigenvalue weighted by molar-refractivity contribution is 6.30. The summed E-state index contributed by atoms with van der Waals surface area (Å²) in [5.74, 6) is 0.750. The first-order chi connectivity index (χ1) is 10.2. The molecule has 2 aromatic rings. The van der Waals surface area contributed by atoms with Crippen LogP contribution in [0.5, 0.6) is 0 Å². The molecule has 0 heterocycles. The van der Waals surface area contributed by atoms with Crippen LogP contribution in [0.4, 0.5) is 4.39 Å². The smallest absolute Gasteiger partial charge is 0.129 e. The van der Waals surface area contributed by atoms with E-state index in [0.717, 1.165) is 18.5 Å². The van der Waals surface area contributed by atoms with E-state index in [-0.39, 0.29) is 11.9 Å². The van der Waals surface area contributed by atoms with Crippen molar-refractivity contribution in [1.82, 2.24) is 5.32 Å². The Morgan fingerprint density at radius 1 is 1.24 bits per heavy atom. The monoisotopic (exact) mass is 303 g/mol. The lowest BCUT2D eigenvalue weighted by atomic mass is 9.98. The Kier molecular flexibility index (Phi) is 4.27. The third-order valence-corrected chi connectivity index (χ3v) is 4.45. The molecular weight excluding hydrogens is 285 g/mol. The van der Waals surface area contributed by atoms with Crippen LogP contribution in [0.1, 0.15) is 36.4 Å². The van der Waals surface area contributed by atoms with Crippen LogP contribution >= 0.6 is 11.6 Å². The maximum atomic E-state index is 14.2. The summed E-state index contributed by atoms with van der Waals surface area (Å²) in [6.07, 6.45) is 1.10. The lowest BCUT2D eigenvalue weighted by Gasteiger charge is -2.19. The fourth-order valence-corrected chi connectivity index (χ4v) is 3.29. The van der Waals surface area contributed by atoms with Crippen molar-refractivity contribution in [3.8, 4) is 0 Å². The first kappa shape index (κ1) is 14.6. The third-order valence-electron chi connectivity index (χ3n) is 4.22. The summed E-state index contributed by atoms with van der Waals surface area (Å²) in [5.41, 5.74) is 2.07. The summed E-state index contributed by atoms with van der Waals surface area (Å²) in [6, 6.07) is 15.5. The third kappa shape index (κ3) is 3.12. The number of benzene rings is 2. The van der Waals surface area contributed by atoms with Gasteiger partial charge in [-0.05, 0) is 42.5 Å². The van der Waals surface area contributed by atoms with Crippen LogP contribution in [0.25, 0.3) is 0 Å². The van der Waals surface area contributed by atoms with Crippen molar-refractivity contribution in [3.63, 3.8) is 0 Å². The van der Waals surface area contributed by atoms with Gasteiger partial charge in [0, 0.05) is 16.6 Å². The zero-order valence-corrected chi connectivity index (χ0v) is 12.8. The van der Waals surface area contributed by atoms with Gasteiger partial charge >= 0.3 is 0 Å². The van der Waals surface area contributed by atoms with E-state index in [1.54, 1.807) is 6.07 Å². The zero-order chi connectivity index (χ0) is 14.8. The molecule has 0 saturated heterocycles. The molecule has 0 radical (unpaired) electrons. The van der Waals surface area contributed by atoms with Gasteiger partial charge in [0.25, 0.3) is 0 Å². The number of halogens is 2. The Morgan fingerprint density at radius 2 is 2.00 bits per heavy atom. The number of hydrogen-bond donors (Lipinski definition) is 1. The highest BCUT2D eigenvalue weighted by atomic mass is 35.5. The SMILES string of the molecule is CCNC(c1ccc(Cl)cc1F)C1CC1c1ccccc1. The van der Waals surface area contributed by atoms with E-state index in [9.17, 15) is 4.39 Å². The highest BCUT2D eigenvalue weighted by Gasteiger charge is 2.44. The molecule has 1 saturated carbocycles. The molecule has 2 aromatic carbocycles. The van der Waals surface area contributed by atoms with E-state index in [1.807, 2.05) is 12.1 Å². The van der Waals surface area contributed by atoms with Crippen molar-refractivity contribution >= 4 is 11.6 Å². The molecule has 0 aliphatic heterocycles. The zero-order valence-electron chi connectivity index (χ0n) is 12.0. The maximum absolute atomic E-state index is 14.2. The predicted molar refractivity (Wildman–Crippen MR) is 85.1 cm³/mol. The van der Waals surface area contributed by atoms with Crippen LogP contribution in [0.15, 0.2) is 48.5 Å². The van der Waals surface area contributed by atoms with Crippen molar-refractivity contribution in [2.24, 2.45) is 5.92 Å². The van der Waals surface area contributed by atoms with E-state index in [2.05, 4.69) is 36.5 Å². The molecule has 0 bridgehead atoms. The summed E-state index contributed by atoms with van der Waals surface area (Å²) in [4.78, 5) is 0. The molecule has 110 valence electrons. The minimum atomic E-state index is -0.216. The van der Waals surface area contributed by atoms with Crippen molar-refractivity contribution in [1.29, 1.82) is 0 Å². The van der Waals surface area contributed by atoms with Crippen LogP contribution < -0.4 is 5.32 Å². The Hall–Kier alpha value is -1.38. The average molecular weight is 304 g/mol. The molecule has 0 amide bonds. The minimum Gasteiger partial charge on any atom is -0.310 e. The van der Waals surface area contributed by atoms with Crippen LogP contribution in [0, 0.1) is 11.7 Å². The maximum Gasteiger partial charge on any atom is 0.129 e. The molecular formula is C18H19ClFN. The lowest BCUT2D eigenvalue weighted by molar-refractivity contribution is 0.462. The van der Waals surface area contributed by atoms with Gasteiger partial charge < -0.3 is 5.32 Å². The molecule has 3 unspecified atom stereocenters. The quantitative estimate of drug-likeness (QED) is 0.825. The van der Waals surface area contributed by atoms with E-state index in [1.165, 1.54) is 11.6 Å². The lowest BCUT2D eigenvalue weighted by Crippen LogP contribution is -2.24. The fraction of sp³-hybridized carbons (Fsp3) is 0.333. The molecule has 3 heteroatoms. The van der Waals surface area contributed by atoms with Crippen LogP contribution in [-0.4, -0.2) is 6.54 Å². The topological polar surface area (TPSA) is 12.0 Å². The number of nitrogens with one attached hydrogen (secondary N) is 1. The molecule has 0 aromatic heterocycles. The van der Waals surface area contributed by atoms with E-state index in [0.29, 0.717) is 16.9 Å². The standard InChI is InChI=1S/C18H19ClFN/c1-2-21-18(14-9-8-13(19)10-17(14)20)16-11-15(16)12-6-4-3-5-7-12/h3-10,15-16,18,21H,2,11H2,1H3. The second kappa shape index (κ2) is 6.17. The second-order valence-electron chi connectivity index (χ2n) is 5.62. The van der Waals surface area contributed by atoms with Gasteiger partial charge in [-0.15, -0.1) is 0 Å². The molecule has 0 spiro atoms. The van der Waals surface area contributed by atoms with Crippen molar-refractivity contribution in [2.75, 3.05) is 6.54 Å². The molecule has 1 aliphatic rings. The van der Waals surface area contributed by atoms with Crippen LogP contribution in [0.3, 0.4) is 0 Å². The average Bonchev–Trinajstić information content (AvgIpc) is 3.27. The van der Waals surface area contributed by atoms with E-state index in [4.69, 9.17) is 11.6 Å². The predicted octanol–water partition coefficient (Wildman–Crippen LogP) is 4.93. The van der Waals surface area contributed by atoms with Gasteiger partial charge in [-0.25, -0.2) is 4.39 Å². The Balaban J connectivity index is 1.83. The second-order valence-corrected chi connectivity index (χ2v) is 6.05. The summed E-state index contributed by atoms with van der Waals surface area (Å²) < 4.78 is 14.2. The molecule has 1 nitrogen and oxygen atoms in total. The number of hydrogen-bond acceptors (Lipinski definition) is 1. The van der Waals surface area contributed by atoms with Gasteiger partial charge in [-0.2, -0.15) is 0 Å². The largest absolute Gasteiger partial charge is 0.310 e. The normalized spacial score (nSPS) is 22.0. The van der Waals surface area contributed by atoms with E-state index >= 15 is 0 Å². The van der Waals surface area contributed by atoms with Gasteiger partial charge in [0.05, 0.1) is 0 Å². The van der Waals surface area contributed by atoms with Gasteiger partial charge in [0.1, 0.15) is 5.82 Å². The summed E-state index contributed by atoms with van der Waals surface area (Å²) in [6.45, 7) is 2.88. The molecule has 3 rings (SSSR count). The fourth-order valence-electron chi connectivity index (χ4n) is 3.13. The Labute approximate surface area is 130 Å². The van der Waals surface area contributed by atoms with Crippen LogP contribution in [0.2, 0.25) is 5.02 Å². The van der Waals surface area contributed by atoms with Crippen molar-refractivity contribution in [3.05, 3.63) is 70.5 Å². The van der Waals surface area contributed by atoms with Crippen molar-refractivity contribution < 1.29 is 4.39 Å². The molecule has 3 atom stereocenters. The Bertz CT molecular complexity index is 614. The summed E-state index contributed by atoms with van der Waals surface area (Å²) >= 11 is 5.86. The molecule has 1 N–H and O–H groups in total. The van der Waals surface area contributed by atoms with Crippen LogP contribution in [-0.2, 0) is 0 Å². The summed E-state index contributed by atoms with van der Waals surface area (Å²) in [5, 5.41) is 3.88. The summed E-state index contributed by atoms with van der Waals surface area (Å²) in [7, 11) is 0. The first-order valence-electron chi connectivity index (χ1n) is 7.44. The van der Waals surface area contributed by atoms with Gasteiger partial charge in [0.2, 0.25) is 0 Å². The van der Waals surface area contributed by atoms with Gasteiger partial charge in [-0.1, -0.05) is 54.9 Å². The van der Waals surface area contributed by atoms with Gasteiger partial charge in [0.15, 0.2) is 0 Å². The Morgan fingerprint density at radius 3 is 2.67 bits per heavy atom. The van der Waals surface area contributed by atoms with E-state index < -0.39 is 0 Å². The molecule has 1 fully saturated rings. The molecule has 1 aliphatic carbocycles. The highest BCUT2D eigenvalue weighted by Crippen LogP contribution is 2.54. The molecule has 21 heavy (non-hydrogen) atoms. The number of rotatable bonds is 5. The van der Waals surface area contributed by atoms with Crippen molar-refractivity contribution in [2.45, 2.75) is 25.3 Å².